The molecule has 2 fully saturated rings. The molecule has 0 amide bonds. The number of hydrogen-bond acceptors (Lipinski definition) is 4. The molecule has 4 nitrogen and oxygen atoms in total. The molecule has 0 radical (unpaired) electrons. The lowest BCUT2D eigenvalue weighted by Gasteiger charge is -2.32. The molecule has 1 saturated carbocycles. The summed E-state index contributed by atoms with van der Waals surface area (Å²) in [5, 5.41) is 18.5. The van der Waals surface area contributed by atoms with Crippen LogP contribution in [0.5, 0.6) is 0 Å². The first-order valence-electron chi connectivity index (χ1n) is 5.81. The highest BCUT2D eigenvalue weighted by molar-refractivity contribution is 4.89. The van der Waals surface area contributed by atoms with E-state index in [1.54, 1.807) is 0 Å². The van der Waals surface area contributed by atoms with Crippen LogP contribution < -0.4 is 0 Å². The summed E-state index contributed by atoms with van der Waals surface area (Å²) in [5.41, 5.74) is 0. The SMILES string of the molecule is C[C@@H]1OC2(CCCCC2)O[C@@H]1[C@H](O)CO. The predicted molar refractivity (Wildman–Crippen MR) is 54.3 cm³/mol. The third-order valence-corrected chi connectivity index (χ3v) is 3.40. The van der Waals surface area contributed by atoms with E-state index in [0.717, 1.165) is 25.7 Å². The Morgan fingerprint density at radius 2 is 1.93 bits per heavy atom. The Morgan fingerprint density at radius 3 is 2.53 bits per heavy atom. The second kappa shape index (κ2) is 4.37. The smallest absolute Gasteiger partial charge is 0.169 e. The van der Waals surface area contributed by atoms with Crippen molar-refractivity contribution in [3.8, 4) is 0 Å². The normalized spacial score (nSPS) is 37.0. The Hall–Kier alpha value is -0.160. The minimum absolute atomic E-state index is 0.134. The van der Waals surface area contributed by atoms with Crippen LogP contribution in [0.2, 0.25) is 0 Å². The first-order chi connectivity index (χ1) is 7.17. The quantitative estimate of drug-likeness (QED) is 0.717. The molecule has 4 heteroatoms. The molecular formula is C11H20O4. The molecule has 2 aliphatic rings. The van der Waals surface area contributed by atoms with E-state index in [9.17, 15) is 5.11 Å². The minimum Gasteiger partial charge on any atom is -0.394 e. The molecule has 88 valence electrons. The van der Waals surface area contributed by atoms with Crippen molar-refractivity contribution in [3.63, 3.8) is 0 Å². The average molecular weight is 216 g/mol. The summed E-state index contributed by atoms with van der Waals surface area (Å²) in [6.07, 6.45) is 3.94. The predicted octanol–water partition coefficient (Wildman–Crippen LogP) is 0.804. The Balaban J connectivity index is 2.01. The lowest BCUT2D eigenvalue weighted by atomic mass is 9.94. The maximum Gasteiger partial charge on any atom is 0.169 e. The molecule has 1 aliphatic carbocycles. The summed E-state index contributed by atoms with van der Waals surface area (Å²) in [6.45, 7) is 1.63. The van der Waals surface area contributed by atoms with Gasteiger partial charge in [-0.3, -0.25) is 0 Å². The highest BCUT2D eigenvalue weighted by atomic mass is 16.8. The maximum absolute atomic E-state index is 9.59. The fourth-order valence-corrected chi connectivity index (χ4v) is 2.60. The van der Waals surface area contributed by atoms with Crippen molar-refractivity contribution in [2.75, 3.05) is 6.61 Å². The summed E-state index contributed by atoms with van der Waals surface area (Å²) >= 11 is 0. The third-order valence-electron chi connectivity index (χ3n) is 3.40. The van der Waals surface area contributed by atoms with Crippen LogP contribution in [0.1, 0.15) is 39.0 Å². The number of aliphatic hydroxyl groups excluding tert-OH is 2. The molecule has 15 heavy (non-hydrogen) atoms. The standard InChI is InChI=1S/C11H20O4/c1-8-10(9(13)7-12)15-11(14-8)5-3-2-4-6-11/h8-10,12-13H,2-7H2,1H3/t8-,9+,10-/m0/s1. The van der Waals surface area contributed by atoms with Gasteiger partial charge < -0.3 is 19.7 Å². The summed E-state index contributed by atoms with van der Waals surface area (Å²) in [5.74, 6) is -0.474. The molecule has 1 spiro atoms. The van der Waals surface area contributed by atoms with Crippen molar-refractivity contribution < 1.29 is 19.7 Å². The van der Waals surface area contributed by atoms with Gasteiger partial charge in [0.2, 0.25) is 0 Å². The topological polar surface area (TPSA) is 58.9 Å². The van der Waals surface area contributed by atoms with E-state index in [0.29, 0.717) is 0 Å². The van der Waals surface area contributed by atoms with Gasteiger partial charge >= 0.3 is 0 Å². The molecule has 0 unspecified atom stereocenters. The van der Waals surface area contributed by atoms with Crippen LogP contribution in [-0.4, -0.2) is 40.9 Å². The van der Waals surface area contributed by atoms with Gasteiger partial charge in [0.05, 0.1) is 12.7 Å². The molecule has 0 aromatic heterocycles. The Bertz CT molecular complexity index is 213. The van der Waals surface area contributed by atoms with Crippen molar-refractivity contribution in [1.29, 1.82) is 0 Å². The zero-order valence-corrected chi connectivity index (χ0v) is 9.19. The van der Waals surface area contributed by atoms with Gasteiger partial charge in [-0.15, -0.1) is 0 Å². The first-order valence-corrected chi connectivity index (χ1v) is 5.81. The van der Waals surface area contributed by atoms with E-state index in [4.69, 9.17) is 14.6 Å². The van der Waals surface area contributed by atoms with Gasteiger partial charge in [0, 0.05) is 12.8 Å². The van der Waals surface area contributed by atoms with Crippen LogP contribution in [0.25, 0.3) is 0 Å². The van der Waals surface area contributed by atoms with Crippen molar-refractivity contribution in [3.05, 3.63) is 0 Å². The molecule has 0 aromatic carbocycles. The van der Waals surface area contributed by atoms with Crippen LogP contribution in [0.3, 0.4) is 0 Å². The zero-order valence-electron chi connectivity index (χ0n) is 9.19. The van der Waals surface area contributed by atoms with Gasteiger partial charge in [-0.05, 0) is 19.8 Å². The van der Waals surface area contributed by atoms with E-state index in [1.807, 2.05) is 6.92 Å². The number of aliphatic hydroxyl groups is 2. The fraction of sp³-hybridized carbons (Fsp3) is 1.00. The van der Waals surface area contributed by atoms with Crippen molar-refractivity contribution in [1.82, 2.24) is 0 Å². The highest BCUT2D eigenvalue weighted by Gasteiger charge is 2.48. The van der Waals surface area contributed by atoms with E-state index in [-0.39, 0.29) is 18.8 Å². The summed E-state index contributed by atoms with van der Waals surface area (Å²) in [6, 6.07) is 0. The monoisotopic (exact) mass is 216 g/mol. The number of rotatable bonds is 2. The Labute approximate surface area is 90.2 Å². The molecule has 3 atom stereocenters. The second-order valence-corrected chi connectivity index (χ2v) is 4.63. The number of ether oxygens (including phenoxy) is 2. The van der Waals surface area contributed by atoms with Gasteiger partial charge in [-0.25, -0.2) is 0 Å². The van der Waals surface area contributed by atoms with Crippen LogP contribution in [0.15, 0.2) is 0 Å². The maximum atomic E-state index is 9.59. The summed E-state index contributed by atoms with van der Waals surface area (Å²) in [7, 11) is 0. The minimum atomic E-state index is -0.832. The van der Waals surface area contributed by atoms with Crippen molar-refractivity contribution >= 4 is 0 Å². The highest BCUT2D eigenvalue weighted by Crippen LogP contribution is 2.41. The second-order valence-electron chi connectivity index (χ2n) is 4.63. The molecule has 1 aliphatic heterocycles. The molecule has 1 saturated heterocycles. The van der Waals surface area contributed by atoms with Crippen LogP contribution in [-0.2, 0) is 9.47 Å². The lowest BCUT2D eigenvalue weighted by molar-refractivity contribution is -0.200. The van der Waals surface area contributed by atoms with Gasteiger partial charge in [-0.2, -0.15) is 0 Å². The van der Waals surface area contributed by atoms with E-state index in [2.05, 4.69) is 0 Å². The molecule has 1 heterocycles. The van der Waals surface area contributed by atoms with E-state index < -0.39 is 11.9 Å². The summed E-state index contributed by atoms with van der Waals surface area (Å²) < 4.78 is 11.7. The van der Waals surface area contributed by atoms with Crippen LogP contribution in [0, 0.1) is 0 Å². The van der Waals surface area contributed by atoms with Crippen molar-refractivity contribution in [2.24, 2.45) is 0 Å². The third kappa shape index (κ3) is 2.18. The summed E-state index contributed by atoms with van der Waals surface area (Å²) in [4.78, 5) is 0. The van der Waals surface area contributed by atoms with Gasteiger partial charge in [-0.1, -0.05) is 6.42 Å². The van der Waals surface area contributed by atoms with Crippen molar-refractivity contribution in [2.45, 2.75) is 63.1 Å². The Morgan fingerprint density at radius 1 is 1.27 bits per heavy atom. The fourth-order valence-electron chi connectivity index (χ4n) is 2.60. The molecule has 2 rings (SSSR count). The lowest BCUT2D eigenvalue weighted by Crippen LogP contribution is -2.38. The van der Waals surface area contributed by atoms with Crippen LogP contribution >= 0.6 is 0 Å². The van der Waals surface area contributed by atoms with E-state index >= 15 is 0 Å². The molecular weight excluding hydrogens is 196 g/mol. The van der Waals surface area contributed by atoms with Gasteiger partial charge in [0.1, 0.15) is 12.2 Å². The average Bonchev–Trinajstić information content (AvgIpc) is 2.55. The van der Waals surface area contributed by atoms with Crippen LogP contribution in [0.4, 0.5) is 0 Å². The van der Waals surface area contributed by atoms with E-state index in [1.165, 1.54) is 6.42 Å². The molecule has 0 aromatic rings. The van der Waals surface area contributed by atoms with Gasteiger partial charge in [0.25, 0.3) is 0 Å². The first kappa shape index (κ1) is 11.3. The van der Waals surface area contributed by atoms with Gasteiger partial charge in [0.15, 0.2) is 5.79 Å². The Kier molecular flexibility index (Phi) is 3.30. The molecule has 2 N–H and O–H groups in total. The number of hydrogen-bond donors (Lipinski definition) is 2. The largest absolute Gasteiger partial charge is 0.394 e. The molecule has 0 bridgehead atoms. The zero-order chi connectivity index (χ0) is 10.9.